The van der Waals surface area contributed by atoms with Gasteiger partial charge in [-0.25, -0.2) is 0 Å². The number of fused-ring (bicyclic) bond motifs is 1. The zero-order valence-electron chi connectivity index (χ0n) is 11.1. The Kier molecular flexibility index (Phi) is 3.19. The van der Waals surface area contributed by atoms with E-state index >= 15 is 0 Å². The quantitative estimate of drug-likeness (QED) is 0.579. The van der Waals surface area contributed by atoms with E-state index in [-0.39, 0.29) is 5.69 Å². The summed E-state index contributed by atoms with van der Waals surface area (Å²) in [7, 11) is 0. The second kappa shape index (κ2) is 5.16. The molecule has 0 saturated heterocycles. The van der Waals surface area contributed by atoms with E-state index in [0.29, 0.717) is 23.3 Å². The number of aromatic nitrogens is 3. The molecule has 2 aromatic heterocycles. The Balaban J connectivity index is 2.02. The molecule has 1 aromatic carbocycles. The normalized spacial score (nSPS) is 10.7. The summed E-state index contributed by atoms with van der Waals surface area (Å²) in [6, 6.07) is 6.41. The van der Waals surface area contributed by atoms with E-state index in [1.54, 1.807) is 6.07 Å². The van der Waals surface area contributed by atoms with Crippen LogP contribution in [0.1, 0.15) is 11.5 Å². The topological polar surface area (TPSA) is 107 Å². The number of nitro groups is 1. The molecule has 0 saturated carbocycles. The highest BCUT2D eigenvalue weighted by Crippen LogP contribution is 2.27. The highest BCUT2D eigenvalue weighted by molar-refractivity contribution is 5.93. The number of anilines is 1. The van der Waals surface area contributed by atoms with E-state index < -0.39 is 4.92 Å². The molecule has 0 aliphatic heterocycles. The van der Waals surface area contributed by atoms with Crippen LogP contribution >= 0.6 is 0 Å². The average Bonchev–Trinajstić information content (AvgIpc) is 2.97. The Bertz CT molecular complexity index is 801. The number of hydrogen-bond donors (Lipinski definition) is 1. The van der Waals surface area contributed by atoms with Crippen molar-refractivity contribution < 1.29 is 9.45 Å². The number of nitro benzene ring substituents is 1. The van der Waals surface area contributed by atoms with Crippen LogP contribution < -0.4 is 5.32 Å². The summed E-state index contributed by atoms with van der Waals surface area (Å²) in [6.07, 6.45) is 1.25. The van der Waals surface area contributed by atoms with Crippen molar-refractivity contribution in [3.63, 3.8) is 0 Å². The third kappa shape index (κ3) is 2.64. The number of nitrogens with zero attached hydrogens (tertiary/aromatic N) is 4. The highest BCUT2D eigenvalue weighted by atomic mass is 16.6. The summed E-state index contributed by atoms with van der Waals surface area (Å²) in [5.41, 5.74) is 2.27. The van der Waals surface area contributed by atoms with Crippen LogP contribution in [0.5, 0.6) is 0 Å². The maximum Gasteiger partial charge on any atom is 0.270 e. The second-order valence-corrected chi connectivity index (χ2v) is 4.47. The molecule has 2 heterocycles. The van der Waals surface area contributed by atoms with Crippen LogP contribution in [0, 0.1) is 17.0 Å². The molecule has 0 aliphatic carbocycles. The van der Waals surface area contributed by atoms with Crippen LogP contribution in [0.4, 0.5) is 11.4 Å². The first-order valence-corrected chi connectivity index (χ1v) is 6.18. The van der Waals surface area contributed by atoms with E-state index in [4.69, 9.17) is 0 Å². The lowest BCUT2D eigenvalue weighted by atomic mass is 10.1. The van der Waals surface area contributed by atoms with Gasteiger partial charge in [0.2, 0.25) is 6.39 Å². The van der Waals surface area contributed by atoms with Crippen molar-refractivity contribution in [3.05, 3.63) is 52.3 Å². The van der Waals surface area contributed by atoms with Gasteiger partial charge >= 0.3 is 0 Å². The zero-order chi connectivity index (χ0) is 14.8. The number of aryl methyl sites for hydroxylation is 1. The molecule has 106 valence electrons. The van der Waals surface area contributed by atoms with Gasteiger partial charge in [-0.15, -0.1) is 0 Å². The maximum absolute atomic E-state index is 10.9. The minimum Gasteiger partial charge on any atom is -0.377 e. The molecule has 0 radical (unpaired) electrons. The van der Waals surface area contributed by atoms with E-state index in [0.717, 1.165) is 11.4 Å². The molecule has 0 fully saturated rings. The molecule has 0 unspecified atom stereocenters. The molecule has 0 bridgehead atoms. The summed E-state index contributed by atoms with van der Waals surface area (Å²) in [5, 5.41) is 18.4. The van der Waals surface area contributed by atoms with Crippen molar-refractivity contribution >= 4 is 22.3 Å². The van der Waals surface area contributed by atoms with Gasteiger partial charge in [0.05, 0.1) is 17.0 Å². The predicted octanol–water partition coefficient (Wildman–Crippen LogP) is 2.45. The van der Waals surface area contributed by atoms with Gasteiger partial charge in [-0.05, 0) is 19.1 Å². The first-order chi connectivity index (χ1) is 10.1. The lowest BCUT2D eigenvalue weighted by Crippen LogP contribution is -2.03. The monoisotopic (exact) mass is 285 g/mol. The van der Waals surface area contributed by atoms with E-state index in [1.165, 1.54) is 18.5 Å². The van der Waals surface area contributed by atoms with E-state index in [1.807, 2.05) is 13.0 Å². The van der Waals surface area contributed by atoms with Crippen LogP contribution in [-0.2, 0) is 6.54 Å². The van der Waals surface area contributed by atoms with Crippen LogP contribution in [0.2, 0.25) is 0 Å². The van der Waals surface area contributed by atoms with Crippen LogP contribution in [0.15, 0.2) is 35.2 Å². The first-order valence-electron chi connectivity index (χ1n) is 6.18. The molecule has 0 spiro atoms. The molecule has 21 heavy (non-hydrogen) atoms. The molecule has 0 amide bonds. The molecular formula is C13H11N5O3. The van der Waals surface area contributed by atoms with Gasteiger partial charge in [-0.1, -0.05) is 5.16 Å². The lowest BCUT2D eigenvalue weighted by molar-refractivity contribution is -0.384. The van der Waals surface area contributed by atoms with Crippen LogP contribution in [0.3, 0.4) is 0 Å². The van der Waals surface area contributed by atoms with Crippen molar-refractivity contribution in [1.82, 2.24) is 15.1 Å². The van der Waals surface area contributed by atoms with Crippen LogP contribution in [-0.4, -0.2) is 20.0 Å². The fourth-order valence-electron chi connectivity index (χ4n) is 2.05. The van der Waals surface area contributed by atoms with Gasteiger partial charge in [0.15, 0.2) is 5.82 Å². The molecular weight excluding hydrogens is 274 g/mol. The molecule has 8 nitrogen and oxygen atoms in total. The minimum absolute atomic E-state index is 0.0239. The summed E-state index contributed by atoms with van der Waals surface area (Å²) in [4.78, 5) is 18.8. The Morgan fingerprint density at radius 2 is 2.24 bits per heavy atom. The third-order valence-corrected chi connectivity index (χ3v) is 2.98. The minimum atomic E-state index is -0.428. The summed E-state index contributed by atoms with van der Waals surface area (Å²) in [5.74, 6) is 0.503. The Morgan fingerprint density at radius 3 is 2.95 bits per heavy atom. The van der Waals surface area contributed by atoms with Crippen LogP contribution in [0.25, 0.3) is 10.9 Å². The Labute approximate surface area is 119 Å². The molecule has 0 aliphatic rings. The van der Waals surface area contributed by atoms with Gasteiger partial charge < -0.3 is 9.84 Å². The number of non-ortho nitro benzene ring substituents is 1. The van der Waals surface area contributed by atoms with Crippen molar-refractivity contribution in [2.45, 2.75) is 13.5 Å². The maximum atomic E-state index is 10.9. The molecule has 3 rings (SSSR count). The largest absolute Gasteiger partial charge is 0.377 e. The summed E-state index contributed by atoms with van der Waals surface area (Å²) in [6.45, 7) is 2.22. The SMILES string of the molecule is Cc1cc(NCc2ncon2)c2cc([N+](=O)[O-])ccc2n1. The zero-order valence-corrected chi connectivity index (χ0v) is 11.1. The van der Waals surface area contributed by atoms with Gasteiger partial charge in [0, 0.05) is 28.9 Å². The van der Waals surface area contributed by atoms with Crippen molar-refractivity contribution in [2.24, 2.45) is 0 Å². The molecule has 0 atom stereocenters. The number of benzene rings is 1. The average molecular weight is 285 g/mol. The summed E-state index contributed by atoms with van der Waals surface area (Å²) >= 11 is 0. The summed E-state index contributed by atoms with van der Waals surface area (Å²) < 4.78 is 4.66. The van der Waals surface area contributed by atoms with Crippen molar-refractivity contribution in [1.29, 1.82) is 0 Å². The molecule has 1 N–H and O–H groups in total. The lowest BCUT2D eigenvalue weighted by Gasteiger charge is -2.09. The standard InChI is InChI=1S/C13H11N5O3/c1-8-4-12(14-6-13-15-7-21-17-13)10-5-9(18(19)20)2-3-11(10)16-8/h2-5,7H,6H2,1H3,(H,14,16). The number of nitrogens with one attached hydrogen (secondary N) is 1. The predicted molar refractivity (Wildman–Crippen MR) is 74.8 cm³/mol. The fraction of sp³-hybridized carbons (Fsp3) is 0.154. The third-order valence-electron chi connectivity index (χ3n) is 2.98. The smallest absolute Gasteiger partial charge is 0.270 e. The van der Waals surface area contributed by atoms with Gasteiger partial charge in [0.1, 0.15) is 0 Å². The number of pyridine rings is 1. The Hall–Kier alpha value is -3.03. The van der Waals surface area contributed by atoms with Crippen molar-refractivity contribution in [3.8, 4) is 0 Å². The number of hydrogen-bond acceptors (Lipinski definition) is 7. The second-order valence-electron chi connectivity index (χ2n) is 4.47. The van der Waals surface area contributed by atoms with Gasteiger partial charge in [-0.3, -0.25) is 15.1 Å². The van der Waals surface area contributed by atoms with Gasteiger partial charge in [-0.2, -0.15) is 4.98 Å². The fourth-order valence-corrected chi connectivity index (χ4v) is 2.05. The Morgan fingerprint density at radius 1 is 1.38 bits per heavy atom. The van der Waals surface area contributed by atoms with E-state index in [2.05, 4.69) is 25.0 Å². The van der Waals surface area contributed by atoms with Gasteiger partial charge in [0.25, 0.3) is 5.69 Å². The molecule has 3 aromatic rings. The van der Waals surface area contributed by atoms with Crippen molar-refractivity contribution in [2.75, 3.05) is 5.32 Å². The first kappa shape index (κ1) is 13.0. The number of rotatable bonds is 4. The highest BCUT2D eigenvalue weighted by Gasteiger charge is 2.11. The molecule has 8 heteroatoms. The van der Waals surface area contributed by atoms with E-state index in [9.17, 15) is 10.1 Å².